The van der Waals surface area contributed by atoms with Gasteiger partial charge in [-0.05, 0) is 27.7 Å². The number of rotatable bonds is 4. The lowest BCUT2D eigenvalue weighted by Gasteiger charge is -2.23. The highest BCUT2D eigenvalue weighted by Crippen LogP contribution is 2.22. The molecule has 5 heteroatoms. The second-order valence-electron chi connectivity index (χ2n) is 3.28. The Bertz CT molecular complexity index is 147. The van der Waals surface area contributed by atoms with E-state index in [0.717, 1.165) is 6.92 Å². The molecule has 0 aromatic rings. The Morgan fingerprint density at radius 1 is 1.08 bits per heavy atom. The summed E-state index contributed by atoms with van der Waals surface area (Å²) < 4.78 is 40.7. The van der Waals surface area contributed by atoms with E-state index in [2.05, 4.69) is 10.1 Å². The van der Waals surface area contributed by atoms with Gasteiger partial charge in [-0.3, -0.25) is 5.32 Å². The first-order chi connectivity index (χ1) is 5.73. The zero-order chi connectivity index (χ0) is 10.6. The van der Waals surface area contributed by atoms with Crippen LogP contribution in [0, 0.1) is 0 Å². The summed E-state index contributed by atoms with van der Waals surface area (Å²) in [5.41, 5.74) is 0. The van der Waals surface area contributed by atoms with Crippen molar-refractivity contribution in [1.29, 1.82) is 0 Å². The van der Waals surface area contributed by atoms with Crippen molar-refractivity contribution in [2.45, 2.75) is 52.2 Å². The third kappa shape index (κ3) is 5.87. The number of ether oxygens (including phenoxy) is 1. The van der Waals surface area contributed by atoms with Crippen LogP contribution in [-0.2, 0) is 4.74 Å². The highest BCUT2D eigenvalue weighted by atomic mass is 19.4. The van der Waals surface area contributed by atoms with E-state index in [1.54, 1.807) is 6.92 Å². The number of halogens is 3. The van der Waals surface area contributed by atoms with E-state index in [-0.39, 0.29) is 6.04 Å². The minimum absolute atomic E-state index is 0.107. The molecule has 0 amide bonds. The van der Waals surface area contributed by atoms with Gasteiger partial charge in [0, 0.05) is 6.04 Å². The second-order valence-corrected chi connectivity index (χ2v) is 3.28. The summed E-state index contributed by atoms with van der Waals surface area (Å²) in [4.78, 5) is 0. The Kier molecular flexibility index (Phi) is 4.70. The molecule has 1 N–H and O–H groups in total. The minimum atomic E-state index is -4.28. The first-order valence-corrected chi connectivity index (χ1v) is 4.21. The fourth-order valence-electron chi connectivity index (χ4n) is 0.892. The summed E-state index contributed by atoms with van der Waals surface area (Å²) in [6.45, 7) is 6.25. The van der Waals surface area contributed by atoms with E-state index in [1.165, 1.54) is 0 Å². The number of nitrogens with one attached hydrogen (secondary N) is 1. The maximum atomic E-state index is 12.0. The Hall–Kier alpha value is -0.290. The molecule has 13 heavy (non-hydrogen) atoms. The van der Waals surface area contributed by atoms with E-state index < -0.39 is 18.5 Å². The van der Waals surface area contributed by atoms with Crippen molar-refractivity contribution in [2.75, 3.05) is 0 Å². The van der Waals surface area contributed by atoms with Crippen LogP contribution in [0.25, 0.3) is 0 Å². The van der Waals surface area contributed by atoms with E-state index in [0.29, 0.717) is 0 Å². The van der Waals surface area contributed by atoms with Crippen molar-refractivity contribution in [3.05, 3.63) is 0 Å². The van der Waals surface area contributed by atoms with Crippen LogP contribution >= 0.6 is 0 Å². The van der Waals surface area contributed by atoms with Crippen LogP contribution in [0.15, 0.2) is 0 Å². The van der Waals surface area contributed by atoms with Crippen LogP contribution in [-0.4, -0.2) is 24.6 Å². The summed E-state index contributed by atoms with van der Waals surface area (Å²) in [6, 6.07) is 0.107. The van der Waals surface area contributed by atoms with Gasteiger partial charge in [0.2, 0.25) is 0 Å². The first kappa shape index (κ1) is 12.7. The molecular weight excluding hydrogens is 183 g/mol. The van der Waals surface area contributed by atoms with Crippen molar-refractivity contribution in [3.8, 4) is 0 Å². The molecule has 0 aromatic carbocycles. The van der Waals surface area contributed by atoms with E-state index in [4.69, 9.17) is 0 Å². The van der Waals surface area contributed by atoms with Crippen LogP contribution in [0.4, 0.5) is 13.2 Å². The maximum absolute atomic E-state index is 12.0. The van der Waals surface area contributed by atoms with Gasteiger partial charge in [0.25, 0.3) is 0 Å². The van der Waals surface area contributed by atoms with Gasteiger partial charge in [-0.25, -0.2) is 0 Å². The largest absolute Gasteiger partial charge is 0.414 e. The summed E-state index contributed by atoms with van der Waals surface area (Å²) in [5, 5.41) is 2.82. The molecule has 0 aromatic heterocycles. The molecule has 0 saturated heterocycles. The normalized spacial score (nSPS) is 17.5. The van der Waals surface area contributed by atoms with Gasteiger partial charge in [-0.2, -0.15) is 13.2 Å². The van der Waals surface area contributed by atoms with Gasteiger partial charge in [0.05, 0.1) is 0 Å². The molecule has 0 aliphatic rings. The minimum Gasteiger partial charge on any atom is -0.351 e. The van der Waals surface area contributed by atoms with Crippen molar-refractivity contribution < 1.29 is 17.9 Å². The molecule has 0 aliphatic carbocycles. The maximum Gasteiger partial charge on any atom is 0.414 e. The van der Waals surface area contributed by atoms with E-state index >= 15 is 0 Å². The molecule has 2 atom stereocenters. The van der Waals surface area contributed by atoms with Crippen molar-refractivity contribution in [3.63, 3.8) is 0 Å². The fourth-order valence-corrected chi connectivity index (χ4v) is 0.892. The number of hydrogen-bond acceptors (Lipinski definition) is 2. The van der Waals surface area contributed by atoms with Crippen molar-refractivity contribution in [2.24, 2.45) is 0 Å². The third-order valence-electron chi connectivity index (χ3n) is 1.44. The van der Waals surface area contributed by atoms with Crippen LogP contribution in [0.1, 0.15) is 27.7 Å². The molecule has 0 radical (unpaired) electrons. The topological polar surface area (TPSA) is 21.3 Å². The van der Waals surface area contributed by atoms with Gasteiger partial charge in [-0.15, -0.1) is 0 Å². The zero-order valence-electron chi connectivity index (χ0n) is 8.27. The molecule has 0 fully saturated rings. The lowest BCUT2D eigenvalue weighted by Crippen LogP contribution is -2.40. The summed E-state index contributed by atoms with van der Waals surface area (Å²) in [6.07, 6.45) is -6.60. The lowest BCUT2D eigenvalue weighted by molar-refractivity contribution is -0.228. The number of hydrogen-bond donors (Lipinski definition) is 1. The number of alkyl halides is 3. The van der Waals surface area contributed by atoms with Crippen molar-refractivity contribution >= 4 is 0 Å². The van der Waals surface area contributed by atoms with E-state index in [1.807, 2.05) is 13.8 Å². The average Bonchev–Trinajstić information content (AvgIpc) is 1.82. The predicted molar refractivity (Wildman–Crippen MR) is 44.3 cm³/mol. The average molecular weight is 199 g/mol. The Morgan fingerprint density at radius 3 is 1.85 bits per heavy atom. The molecule has 0 bridgehead atoms. The van der Waals surface area contributed by atoms with Gasteiger partial charge < -0.3 is 4.74 Å². The van der Waals surface area contributed by atoms with Crippen LogP contribution in [0.3, 0.4) is 0 Å². The van der Waals surface area contributed by atoms with Gasteiger partial charge in [0.1, 0.15) is 6.23 Å². The lowest BCUT2D eigenvalue weighted by atomic mass is 10.3. The van der Waals surface area contributed by atoms with Gasteiger partial charge >= 0.3 is 6.18 Å². The van der Waals surface area contributed by atoms with Crippen molar-refractivity contribution in [1.82, 2.24) is 5.32 Å². The van der Waals surface area contributed by atoms with Crippen LogP contribution < -0.4 is 5.32 Å². The highest BCUT2D eigenvalue weighted by molar-refractivity contribution is 4.63. The first-order valence-electron chi connectivity index (χ1n) is 4.21. The molecule has 0 heterocycles. The smallest absolute Gasteiger partial charge is 0.351 e. The zero-order valence-corrected chi connectivity index (χ0v) is 8.27. The molecule has 0 spiro atoms. The fraction of sp³-hybridized carbons (Fsp3) is 1.00. The quantitative estimate of drug-likeness (QED) is 0.701. The second kappa shape index (κ2) is 4.81. The molecular formula is C8H16F3NO. The predicted octanol–water partition coefficient (Wildman–Crippen LogP) is 2.30. The molecule has 0 saturated carbocycles. The third-order valence-corrected chi connectivity index (χ3v) is 1.44. The molecule has 2 nitrogen and oxygen atoms in total. The van der Waals surface area contributed by atoms with Crippen LogP contribution in [0.2, 0.25) is 0 Å². The molecule has 0 aliphatic heterocycles. The SMILES string of the molecule is CC(C)N[C@H](C)O[C@H](C)C(F)(F)F. The van der Waals surface area contributed by atoms with E-state index in [9.17, 15) is 13.2 Å². The van der Waals surface area contributed by atoms with Gasteiger partial charge in [0.15, 0.2) is 6.10 Å². The summed E-state index contributed by atoms with van der Waals surface area (Å²) in [5.74, 6) is 0. The Morgan fingerprint density at radius 2 is 1.54 bits per heavy atom. The molecule has 0 rings (SSSR count). The highest BCUT2D eigenvalue weighted by Gasteiger charge is 2.37. The summed E-state index contributed by atoms with van der Waals surface area (Å²) >= 11 is 0. The summed E-state index contributed by atoms with van der Waals surface area (Å²) in [7, 11) is 0. The van der Waals surface area contributed by atoms with Crippen LogP contribution in [0.5, 0.6) is 0 Å². The van der Waals surface area contributed by atoms with Gasteiger partial charge in [-0.1, -0.05) is 0 Å². The molecule has 80 valence electrons. The Labute approximate surface area is 76.5 Å². The monoisotopic (exact) mass is 199 g/mol. The Balaban J connectivity index is 3.85. The molecule has 0 unspecified atom stereocenters. The standard InChI is InChI=1S/C8H16F3NO/c1-5(2)12-7(4)13-6(3)8(9,10)11/h5-7,12H,1-4H3/t6-,7+/m1/s1.